The Morgan fingerprint density at radius 2 is 1.89 bits per heavy atom. The van der Waals surface area contributed by atoms with Gasteiger partial charge in [-0.15, -0.1) is 0 Å². The van der Waals surface area contributed by atoms with Crippen molar-refractivity contribution in [2.75, 3.05) is 46.2 Å². The lowest BCUT2D eigenvalue weighted by Crippen LogP contribution is -2.51. The van der Waals surface area contributed by atoms with Crippen LogP contribution in [0.4, 0.5) is 0 Å². The third-order valence-corrected chi connectivity index (χ3v) is 4.42. The zero-order chi connectivity index (χ0) is 13.0. The smallest absolute Gasteiger partial charge is 0.0933 e. The highest BCUT2D eigenvalue weighted by Gasteiger charge is 2.38. The highest BCUT2D eigenvalue weighted by molar-refractivity contribution is 4.91. The van der Waals surface area contributed by atoms with Crippen LogP contribution in [0, 0.1) is 0 Å². The van der Waals surface area contributed by atoms with E-state index in [1.807, 2.05) is 0 Å². The second kappa shape index (κ2) is 6.50. The molecule has 0 aromatic heterocycles. The van der Waals surface area contributed by atoms with Gasteiger partial charge in [0.15, 0.2) is 0 Å². The summed E-state index contributed by atoms with van der Waals surface area (Å²) in [5.41, 5.74) is 0.0675. The molecular formula is C14H25NO4. The molecule has 0 amide bonds. The summed E-state index contributed by atoms with van der Waals surface area (Å²) in [6.45, 7) is 5.60. The van der Waals surface area contributed by atoms with E-state index in [1.165, 1.54) is 0 Å². The lowest BCUT2D eigenvalue weighted by molar-refractivity contribution is -0.142. The zero-order valence-corrected chi connectivity index (χ0v) is 11.6. The molecule has 110 valence electrons. The molecule has 2 unspecified atom stereocenters. The van der Waals surface area contributed by atoms with Gasteiger partial charge < -0.3 is 24.3 Å². The van der Waals surface area contributed by atoms with Crippen molar-refractivity contribution >= 4 is 0 Å². The third-order valence-electron chi connectivity index (χ3n) is 4.42. The summed E-state index contributed by atoms with van der Waals surface area (Å²) in [6.07, 6.45) is 4.48. The molecule has 3 aliphatic heterocycles. The third kappa shape index (κ3) is 3.67. The standard InChI is InChI=1S/C14H25NO4/c1-4-19-14(2-5-16-6-3-14)9-12(1)15-10-13-11-17-7-8-18-13/h12-13,15H,1-11H2. The quantitative estimate of drug-likeness (QED) is 0.819. The summed E-state index contributed by atoms with van der Waals surface area (Å²) in [4.78, 5) is 0. The molecule has 3 heterocycles. The van der Waals surface area contributed by atoms with Crippen LogP contribution in [-0.4, -0.2) is 63.9 Å². The summed E-state index contributed by atoms with van der Waals surface area (Å²) < 4.78 is 22.6. The maximum atomic E-state index is 6.05. The van der Waals surface area contributed by atoms with E-state index in [-0.39, 0.29) is 11.7 Å². The van der Waals surface area contributed by atoms with E-state index in [1.54, 1.807) is 0 Å². The van der Waals surface area contributed by atoms with Gasteiger partial charge in [-0.1, -0.05) is 0 Å². The predicted octanol–water partition coefficient (Wildman–Crippen LogP) is 0.720. The molecule has 5 nitrogen and oxygen atoms in total. The minimum atomic E-state index is 0.0675. The van der Waals surface area contributed by atoms with Crippen LogP contribution in [0.3, 0.4) is 0 Å². The second-order valence-corrected chi connectivity index (χ2v) is 5.81. The first kappa shape index (κ1) is 13.8. The topological polar surface area (TPSA) is 49.0 Å². The second-order valence-electron chi connectivity index (χ2n) is 5.81. The van der Waals surface area contributed by atoms with Gasteiger partial charge in [0.05, 0.1) is 31.5 Å². The lowest BCUT2D eigenvalue weighted by Gasteiger charge is -2.43. The van der Waals surface area contributed by atoms with Gasteiger partial charge in [-0.05, 0) is 25.7 Å². The van der Waals surface area contributed by atoms with Crippen LogP contribution in [0.1, 0.15) is 25.7 Å². The fraction of sp³-hybridized carbons (Fsp3) is 1.00. The SMILES string of the molecule is C1CC2(CCO1)CC(NCC1COCCO1)CCO2. The Hall–Kier alpha value is -0.200. The molecule has 0 aromatic rings. The van der Waals surface area contributed by atoms with Crippen LogP contribution in [0.15, 0.2) is 0 Å². The number of nitrogens with one attached hydrogen (secondary N) is 1. The Morgan fingerprint density at radius 3 is 2.68 bits per heavy atom. The maximum absolute atomic E-state index is 6.05. The summed E-state index contributed by atoms with van der Waals surface area (Å²) >= 11 is 0. The van der Waals surface area contributed by atoms with Crippen LogP contribution >= 0.6 is 0 Å². The summed E-state index contributed by atoms with van der Waals surface area (Å²) in [5, 5.41) is 3.64. The van der Waals surface area contributed by atoms with Gasteiger partial charge in [-0.2, -0.15) is 0 Å². The summed E-state index contributed by atoms with van der Waals surface area (Å²) in [7, 11) is 0. The molecule has 1 N–H and O–H groups in total. The van der Waals surface area contributed by atoms with Crippen molar-refractivity contribution < 1.29 is 18.9 Å². The van der Waals surface area contributed by atoms with Gasteiger partial charge in [0.2, 0.25) is 0 Å². The molecule has 3 fully saturated rings. The highest BCUT2D eigenvalue weighted by Crippen LogP contribution is 2.34. The lowest BCUT2D eigenvalue weighted by atomic mass is 9.84. The number of rotatable bonds is 3. The average Bonchev–Trinajstić information content (AvgIpc) is 2.47. The predicted molar refractivity (Wildman–Crippen MR) is 70.3 cm³/mol. The molecule has 19 heavy (non-hydrogen) atoms. The van der Waals surface area contributed by atoms with Crippen molar-refractivity contribution in [2.24, 2.45) is 0 Å². The first-order chi connectivity index (χ1) is 9.36. The van der Waals surface area contributed by atoms with Crippen LogP contribution < -0.4 is 5.32 Å². The largest absolute Gasteiger partial charge is 0.381 e. The number of ether oxygens (including phenoxy) is 4. The van der Waals surface area contributed by atoms with E-state index < -0.39 is 0 Å². The van der Waals surface area contributed by atoms with Crippen molar-refractivity contribution in [3.8, 4) is 0 Å². The van der Waals surface area contributed by atoms with Crippen LogP contribution in [0.2, 0.25) is 0 Å². The van der Waals surface area contributed by atoms with Gasteiger partial charge in [0.25, 0.3) is 0 Å². The molecule has 3 aliphatic rings. The van der Waals surface area contributed by atoms with Gasteiger partial charge in [0, 0.05) is 32.4 Å². The molecule has 1 spiro atoms. The monoisotopic (exact) mass is 271 g/mol. The van der Waals surface area contributed by atoms with Crippen LogP contribution in [-0.2, 0) is 18.9 Å². The number of hydrogen-bond acceptors (Lipinski definition) is 5. The molecule has 2 atom stereocenters. The van der Waals surface area contributed by atoms with Crippen molar-refractivity contribution in [2.45, 2.75) is 43.4 Å². The fourth-order valence-corrected chi connectivity index (χ4v) is 3.25. The van der Waals surface area contributed by atoms with Gasteiger partial charge in [-0.25, -0.2) is 0 Å². The molecule has 5 heteroatoms. The molecule has 0 aromatic carbocycles. The van der Waals surface area contributed by atoms with E-state index >= 15 is 0 Å². The summed E-state index contributed by atoms with van der Waals surface area (Å²) in [5.74, 6) is 0. The molecule has 0 radical (unpaired) electrons. The molecular weight excluding hydrogens is 246 g/mol. The minimum absolute atomic E-state index is 0.0675. The average molecular weight is 271 g/mol. The fourth-order valence-electron chi connectivity index (χ4n) is 3.25. The van der Waals surface area contributed by atoms with Crippen molar-refractivity contribution in [3.05, 3.63) is 0 Å². The minimum Gasteiger partial charge on any atom is -0.381 e. The Balaban J connectivity index is 1.45. The summed E-state index contributed by atoms with van der Waals surface area (Å²) in [6, 6.07) is 0.539. The Bertz CT molecular complexity index is 269. The van der Waals surface area contributed by atoms with Crippen LogP contribution in [0.5, 0.6) is 0 Å². The van der Waals surface area contributed by atoms with Gasteiger partial charge in [-0.3, -0.25) is 0 Å². The Morgan fingerprint density at radius 1 is 1.00 bits per heavy atom. The van der Waals surface area contributed by atoms with E-state index in [4.69, 9.17) is 18.9 Å². The van der Waals surface area contributed by atoms with E-state index in [2.05, 4.69) is 5.32 Å². The zero-order valence-electron chi connectivity index (χ0n) is 11.6. The highest BCUT2D eigenvalue weighted by atomic mass is 16.6. The maximum Gasteiger partial charge on any atom is 0.0933 e. The van der Waals surface area contributed by atoms with Gasteiger partial charge >= 0.3 is 0 Å². The van der Waals surface area contributed by atoms with Crippen molar-refractivity contribution in [1.82, 2.24) is 5.32 Å². The Labute approximate surface area is 114 Å². The Kier molecular flexibility index (Phi) is 4.71. The number of hydrogen-bond donors (Lipinski definition) is 1. The van der Waals surface area contributed by atoms with Crippen molar-refractivity contribution in [1.29, 1.82) is 0 Å². The van der Waals surface area contributed by atoms with E-state index in [0.717, 1.165) is 71.9 Å². The first-order valence-corrected chi connectivity index (χ1v) is 7.51. The molecule has 0 saturated carbocycles. The molecule has 3 saturated heterocycles. The van der Waals surface area contributed by atoms with Crippen molar-refractivity contribution in [3.63, 3.8) is 0 Å². The van der Waals surface area contributed by atoms with E-state index in [0.29, 0.717) is 6.04 Å². The molecule has 0 bridgehead atoms. The van der Waals surface area contributed by atoms with Crippen LogP contribution in [0.25, 0.3) is 0 Å². The van der Waals surface area contributed by atoms with Gasteiger partial charge in [0.1, 0.15) is 0 Å². The first-order valence-electron chi connectivity index (χ1n) is 7.51. The molecule has 3 rings (SSSR count). The van der Waals surface area contributed by atoms with E-state index in [9.17, 15) is 0 Å². The normalized spacial score (nSPS) is 35.4. The molecule has 0 aliphatic carbocycles.